The number of rotatable bonds is 2. The van der Waals surface area contributed by atoms with Crippen LogP contribution in [0.3, 0.4) is 0 Å². The maximum absolute atomic E-state index is 1.52. The molecule has 0 radical (unpaired) electrons. The van der Waals surface area contributed by atoms with Crippen molar-refractivity contribution in [1.82, 2.24) is 0 Å². The Morgan fingerprint density at radius 2 is 2.20 bits per heavy atom. The quantitative estimate of drug-likeness (QED) is 0.401. The number of hydrogen-bond acceptors (Lipinski definition) is 0. The van der Waals surface area contributed by atoms with Crippen molar-refractivity contribution >= 4 is 26.5 Å². The molecule has 0 aromatic carbocycles. The van der Waals surface area contributed by atoms with Crippen molar-refractivity contribution in [2.45, 2.75) is 17.7 Å². The second-order valence-electron chi connectivity index (χ2n) is 1.35. The predicted octanol–water partition coefficient (Wildman–Crippen LogP) is -0.788. The summed E-state index contributed by atoms with van der Waals surface area (Å²) in [5.41, 5.74) is 0. The zero-order valence-electron chi connectivity index (χ0n) is 4.12. The summed E-state index contributed by atoms with van der Waals surface area (Å²) in [6.07, 6.45) is 1.51. The van der Waals surface area contributed by atoms with Gasteiger partial charge >= 0.3 is 0 Å². The topological polar surface area (TPSA) is 0 Å². The van der Waals surface area contributed by atoms with E-state index in [1.807, 2.05) is 0 Å². The minimum atomic E-state index is 1.42. The summed E-state index contributed by atoms with van der Waals surface area (Å²) in [6, 6.07) is 1.52. The Morgan fingerprint density at radius 3 is 2.20 bits per heavy atom. The summed E-state index contributed by atoms with van der Waals surface area (Å²) in [7, 11) is 1.42. The normalized spacial score (nSPS) is 8.80. The van der Waals surface area contributed by atoms with Gasteiger partial charge in [-0.25, -0.2) is 0 Å². The van der Waals surface area contributed by atoms with Crippen LogP contribution in [0, 0.1) is 0 Å². The summed E-state index contributed by atoms with van der Waals surface area (Å²) in [6.45, 7) is 0. The van der Waals surface area contributed by atoms with Gasteiger partial charge in [-0.15, -0.1) is 5.28 Å². The van der Waals surface area contributed by atoms with Crippen LogP contribution in [0.2, 0.25) is 11.3 Å². The van der Waals surface area contributed by atoms with Gasteiger partial charge in [0.25, 0.3) is 0 Å². The maximum Gasteiger partial charge on any atom is 0.211 e. The van der Waals surface area contributed by atoms with Crippen LogP contribution in [0.25, 0.3) is 0 Å². The van der Waals surface area contributed by atoms with E-state index >= 15 is 0 Å². The Labute approximate surface area is 44.8 Å². The largest absolute Gasteiger partial charge is 0.211 e. The third-order valence-corrected chi connectivity index (χ3v) is 2.12. The van der Waals surface area contributed by atoms with Gasteiger partial charge in [0.1, 0.15) is 0 Å². The molecule has 30 valence electrons. The highest BCUT2D eigenvalue weighted by Gasteiger charge is 1.69. The van der Waals surface area contributed by atoms with Crippen molar-refractivity contribution in [3.63, 3.8) is 0 Å². The molecule has 0 saturated heterocycles. The van der Waals surface area contributed by atoms with Gasteiger partial charge in [0.15, 0.2) is 0 Å². The lowest BCUT2D eigenvalue weighted by Crippen LogP contribution is -1.67. The van der Waals surface area contributed by atoms with Crippen molar-refractivity contribution in [3.05, 3.63) is 0 Å². The first kappa shape index (κ1) is 5.75. The molecule has 0 aliphatic rings. The molecule has 0 saturated carbocycles. The van der Waals surface area contributed by atoms with Crippen LogP contribution in [-0.2, 0) is 0 Å². The molecule has 0 heterocycles. The summed E-state index contributed by atoms with van der Waals surface area (Å²) in [5, 5.41) is 1.52. The average Bonchev–Trinajstić information content (AvgIpc) is 1.41. The molecule has 0 bridgehead atoms. The first-order chi connectivity index (χ1) is 2.41. The van der Waals surface area contributed by atoms with Crippen LogP contribution in [-0.4, -0.2) is 26.5 Å². The van der Waals surface area contributed by atoms with Crippen LogP contribution in [0.15, 0.2) is 0 Å². The Hall–Kier alpha value is 0.749. The molecule has 0 aliphatic carbocycles. The summed E-state index contributed by atoms with van der Waals surface area (Å²) >= 11 is 1.42. The van der Waals surface area contributed by atoms with E-state index in [9.17, 15) is 0 Å². The molecule has 0 rings (SSSR count). The van der Waals surface area contributed by atoms with E-state index in [4.69, 9.17) is 0 Å². The van der Waals surface area contributed by atoms with E-state index in [1.54, 1.807) is 0 Å². The van der Waals surface area contributed by atoms with Crippen molar-refractivity contribution in [2.24, 2.45) is 0 Å². The lowest BCUT2D eigenvalue weighted by molar-refractivity contribution is 1.08. The SMILES string of the molecule is [AlH2][CH2]CC[SiH3]. The van der Waals surface area contributed by atoms with Gasteiger partial charge in [0.05, 0.1) is 0 Å². The van der Waals surface area contributed by atoms with Gasteiger partial charge in [-0.3, -0.25) is 0 Å². The van der Waals surface area contributed by atoms with Gasteiger partial charge in [-0.05, 0) is 0 Å². The van der Waals surface area contributed by atoms with E-state index in [1.165, 1.54) is 44.3 Å². The molecule has 2 heteroatoms. The fraction of sp³-hybridized carbons (Fsp3) is 1.00. The van der Waals surface area contributed by atoms with Crippen molar-refractivity contribution in [3.8, 4) is 0 Å². The standard InChI is InChI=1S/C3H9Si.Al.2H/c1-2-3-4;;;/h1-3H2,4H3;;;. The monoisotopic (exact) mass is 102 g/mol. The minimum absolute atomic E-state index is 1.42. The van der Waals surface area contributed by atoms with Crippen molar-refractivity contribution in [1.29, 1.82) is 0 Å². The molecule has 0 fully saturated rings. The molecule has 0 aromatic heterocycles. The molecule has 0 unspecified atom stereocenters. The van der Waals surface area contributed by atoms with Crippen LogP contribution in [0.1, 0.15) is 6.42 Å². The average molecular weight is 102 g/mol. The highest BCUT2D eigenvalue weighted by molar-refractivity contribution is 6.11. The Balaban J connectivity index is 2.19. The molecule has 0 atom stereocenters. The Kier molecular flexibility index (Phi) is 5.46. The lowest BCUT2D eigenvalue weighted by Gasteiger charge is -1.78. The van der Waals surface area contributed by atoms with Gasteiger partial charge in [-0.1, -0.05) is 12.5 Å². The van der Waals surface area contributed by atoms with Gasteiger partial charge in [-0.2, -0.15) is 0 Å². The lowest BCUT2D eigenvalue weighted by atomic mass is 10.6. The molecular weight excluding hydrogens is 91.1 g/mol. The number of hydrogen-bond donors (Lipinski definition) is 0. The van der Waals surface area contributed by atoms with E-state index in [-0.39, 0.29) is 0 Å². The Bertz CT molecular complexity index is 14.4. The predicted molar refractivity (Wildman–Crippen MR) is 32.7 cm³/mol. The third-order valence-electron chi connectivity index (χ3n) is 0.707. The first-order valence-corrected chi connectivity index (χ1v) is 5.24. The van der Waals surface area contributed by atoms with Crippen LogP contribution < -0.4 is 0 Å². The molecule has 0 N–H and O–H groups in total. The Morgan fingerprint density at radius 1 is 1.60 bits per heavy atom. The molecule has 5 heavy (non-hydrogen) atoms. The van der Waals surface area contributed by atoms with E-state index in [2.05, 4.69) is 0 Å². The van der Waals surface area contributed by atoms with Gasteiger partial charge < -0.3 is 0 Å². The zero-order chi connectivity index (χ0) is 4.12. The highest BCUT2D eigenvalue weighted by atomic mass is 28.1. The highest BCUT2D eigenvalue weighted by Crippen LogP contribution is 1.84. The van der Waals surface area contributed by atoms with E-state index in [0.29, 0.717) is 0 Å². The smallest absolute Gasteiger partial charge is 0.101 e. The summed E-state index contributed by atoms with van der Waals surface area (Å²) in [5.74, 6) is 0. The maximum atomic E-state index is 1.52. The van der Waals surface area contributed by atoms with Crippen molar-refractivity contribution < 1.29 is 0 Å². The fourth-order valence-electron chi connectivity index (χ4n) is 0.354. The van der Waals surface area contributed by atoms with Crippen LogP contribution >= 0.6 is 0 Å². The minimum Gasteiger partial charge on any atom is -0.101 e. The molecule has 0 amide bonds. The van der Waals surface area contributed by atoms with Crippen molar-refractivity contribution in [2.75, 3.05) is 0 Å². The van der Waals surface area contributed by atoms with E-state index < -0.39 is 0 Å². The molecular formula is C3H11AlSi. The molecule has 0 nitrogen and oxygen atoms in total. The van der Waals surface area contributed by atoms with Crippen LogP contribution in [0.5, 0.6) is 0 Å². The van der Waals surface area contributed by atoms with E-state index in [0.717, 1.165) is 0 Å². The molecule has 0 spiro atoms. The summed E-state index contributed by atoms with van der Waals surface area (Å²) < 4.78 is 0. The molecule has 0 aliphatic heterocycles. The van der Waals surface area contributed by atoms with Gasteiger partial charge in [0, 0.05) is 10.2 Å². The molecule has 0 aromatic rings. The second-order valence-corrected chi connectivity index (χ2v) is 3.35. The second kappa shape index (κ2) is 4.75. The summed E-state index contributed by atoms with van der Waals surface area (Å²) in [4.78, 5) is 0. The first-order valence-electron chi connectivity index (χ1n) is 2.41. The zero-order valence-corrected chi connectivity index (χ0v) is 8.12. The van der Waals surface area contributed by atoms with Gasteiger partial charge in [0.2, 0.25) is 16.3 Å². The fourth-order valence-corrected chi connectivity index (χ4v) is 3.18. The van der Waals surface area contributed by atoms with Crippen LogP contribution in [0.4, 0.5) is 0 Å². The third kappa shape index (κ3) is 4.75.